The number of oxazole rings is 1. The van der Waals surface area contributed by atoms with Crippen LogP contribution in [-0.4, -0.2) is 21.6 Å². The molecule has 0 bridgehead atoms. The Balaban J connectivity index is 1.90. The predicted octanol–water partition coefficient (Wildman–Crippen LogP) is 2.24. The van der Waals surface area contributed by atoms with Crippen LogP contribution in [0.2, 0.25) is 0 Å². The fraction of sp³-hybridized carbons (Fsp3) is 0.118. The molecule has 7 nitrogen and oxygen atoms in total. The lowest BCUT2D eigenvalue weighted by atomic mass is 10.2. The summed E-state index contributed by atoms with van der Waals surface area (Å²) in [5.74, 6) is -2.25. The number of fused-ring (bicyclic) bond motifs is 1. The first-order valence-electron chi connectivity index (χ1n) is 7.17. The molecule has 1 heterocycles. The Labute approximate surface area is 136 Å². The number of hydrogen-bond acceptors (Lipinski definition) is 4. The van der Waals surface area contributed by atoms with Crippen LogP contribution in [0.4, 0.5) is 5.69 Å². The van der Waals surface area contributed by atoms with Gasteiger partial charge >= 0.3 is 11.7 Å². The molecule has 0 unspecified atom stereocenters. The average Bonchev–Trinajstić information content (AvgIpc) is 2.82. The van der Waals surface area contributed by atoms with Crippen molar-refractivity contribution in [3.05, 3.63) is 64.1 Å². The number of nitrogens with one attached hydrogen (secondary N) is 1. The number of carboxylic acids is 1. The molecule has 2 N–H and O–H groups in total. The number of aromatic carboxylic acids is 1. The highest BCUT2D eigenvalue weighted by Gasteiger charge is 2.15. The Kier molecular flexibility index (Phi) is 3.91. The molecule has 0 aliphatic rings. The van der Waals surface area contributed by atoms with Crippen molar-refractivity contribution in [2.24, 2.45) is 0 Å². The third kappa shape index (κ3) is 3.05. The van der Waals surface area contributed by atoms with E-state index in [1.165, 1.54) is 18.2 Å². The van der Waals surface area contributed by atoms with Gasteiger partial charge in [0.2, 0.25) is 5.91 Å². The summed E-state index contributed by atoms with van der Waals surface area (Å²) in [6, 6.07) is 11.3. The molecule has 0 radical (unpaired) electrons. The molecular weight excluding hydrogens is 312 g/mol. The zero-order chi connectivity index (χ0) is 17.3. The van der Waals surface area contributed by atoms with Crippen LogP contribution in [0.3, 0.4) is 0 Å². The average molecular weight is 326 g/mol. The summed E-state index contributed by atoms with van der Waals surface area (Å²) in [4.78, 5) is 35.2. The number of carbonyl (C=O) groups is 2. The molecular formula is C17H14N2O5. The first kappa shape index (κ1) is 15.5. The minimum Gasteiger partial charge on any atom is -0.478 e. The van der Waals surface area contributed by atoms with E-state index in [1.54, 1.807) is 12.1 Å². The first-order valence-corrected chi connectivity index (χ1v) is 7.17. The minimum absolute atomic E-state index is 0.0103. The molecule has 1 aromatic heterocycles. The minimum atomic E-state index is -1.12. The fourth-order valence-electron chi connectivity index (χ4n) is 2.41. The number of hydrogen-bond donors (Lipinski definition) is 2. The van der Waals surface area contributed by atoms with Gasteiger partial charge < -0.3 is 14.8 Å². The second kappa shape index (κ2) is 6.04. The maximum atomic E-state index is 12.2. The number of aryl methyl sites for hydroxylation is 1. The van der Waals surface area contributed by atoms with Crippen LogP contribution in [0, 0.1) is 6.92 Å². The van der Waals surface area contributed by atoms with E-state index < -0.39 is 17.6 Å². The predicted molar refractivity (Wildman–Crippen MR) is 87.2 cm³/mol. The summed E-state index contributed by atoms with van der Waals surface area (Å²) in [6.07, 6.45) is 0. The van der Waals surface area contributed by atoms with Gasteiger partial charge in [-0.3, -0.25) is 9.36 Å². The smallest absolute Gasteiger partial charge is 0.420 e. The van der Waals surface area contributed by atoms with Gasteiger partial charge in [0, 0.05) is 5.69 Å². The standard InChI is InChI=1S/C17H14N2O5/c1-10-3-2-4-12(7-10)18-15(20)9-19-13-8-11(16(21)22)5-6-14(13)24-17(19)23/h2-8H,9H2,1H3,(H,18,20)(H,21,22). The van der Waals surface area contributed by atoms with Gasteiger partial charge in [0.15, 0.2) is 5.58 Å². The van der Waals surface area contributed by atoms with E-state index in [4.69, 9.17) is 9.52 Å². The van der Waals surface area contributed by atoms with Gasteiger partial charge in [-0.25, -0.2) is 9.59 Å². The van der Waals surface area contributed by atoms with Gasteiger partial charge in [-0.1, -0.05) is 12.1 Å². The SMILES string of the molecule is Cc1cccc(NC(=O)Cn2c(=O)oc3ccc(C(=O)O)cc32)c1. The molecule has 0 saturated heterocycles. The zero-order valence-corrected chi connectivity index (χ0v) is 12.8. The summed E-state index contributed by atoms with van der Waals surface area (Å²) >= 11 is 0. The van der Waals surface area contributed by atoms with E-state index in [2.05, 4.69) is 5.32 Å². The van der Waals surface area contributed by atoms with Crippen molar-refractivity contribution in [2.45, 2.75) is 13.5 Å². The van der Waals surface area contributed by atoms with Crippen LogP contribution >= 0.6 is 0 Å². The van der Waals surface area contributed by atoms with E-state index in [0.29, 0.717) is 5.69 Å². The van der Waals surface area contributed by atoms with Gasteiger partial charge in [0.05, 0.1) is 11.1 Å². The Bertz CT molecular complexity index is 1000. The van der Waals surface area contributed by atoms with Crippen molar-refractivity contribution in [3.63, 3.8) is 0 Å². The van der Waals surface area contributed by atoms with E-state index in [0.717, 1.165) is 10.1 Å². The summed E-state index contributed by atoms with van der Waals surface area (Å²) < 4.78 is 6.14. The van der Waals surface area contributed by atoms with Crippen molar-refractivity contribution in [1.29, 1.82) is 0 Å². The number of carbonyl (C=O) groups excluding carboxylic acids is 1. The Morgan fingerprint density at radius 3 is 2.71 bits per heavy atom. The highest BCUT2D eigenvalue weighted by atomic mass is 16.4. The van der Waals surface area contributed by atoms with E-state index in [-0.39, 0.29) is 23.2 Å². The van der Waals surface area contributed by atoms with Crippen LogP contribution in [0.5, 0.6) is 0 Å². The molecule has 24 heavy (non-hydrogen) atoms. The monoisotopic (exact) mass is 326 g/mol. The first-order chi connectivity index (χ1) is 11.4. The number of aromatic nitrogens is 1. The quantitative estimate of drug-likeness (QED) is 0.765. The molecule has 2 aromatic carbocycles. The number of carboxylic acid groups (broad SMARTS) is 1. The molecule has 3 rings (SSSR count). The van der Waals surface area contributed by atoms with Gasteiger partial charge in [-0.2, -0.15) is 0 Å². The van der Waals surface area contributed by atoms with E-state index in [9.17, 15) is 14.4 Å². The van der Waals surface area contributed by atoms with Crippen LogP contribution < -0.4 is 11.1 Å². The maximum absolute atomic E-state index is 12.2. The highest BCUT2D eigenvalue weighted by molar-refractivity contribution is 5.93. The number of anilines is 1. The molecule has 122 valence electrons. The second-order valence-corrected chi connectivity index (χ2v) is 5.36. The Hall–Kier alpha value is -3.35. The van der Waals surface area contributed by atoms with Crippen molar-refractivity contribution in [1.82, 2.24) is 4.57 Å². The van der Waals surface area contributed by atoms with Gasteiger partial charge in [-0.05, 0) is 42.8 Å². The van der Waals surface area contributed by atoms with Crippen LogP contribution in [0.15, 0.2) is 51.7 Å². The lowest BCUT2D eigenvalue weighted by Crippen LogP contribution is -2.24. The van der Waals surface area contributed by atoms with Gasteiger partial charge in [-0.15, -0.1) is 0 Å². The second-order valence-electron chi connectivity index (χ2n) is 5.36. The van der Waals surface area contributed by atoms with Crippen molar-refractivity contribution in [3.8, 4) is 0 Å². The molecule has 0 spiro atoms. The molecule has 0 saturated carbocycles. The van der Waals surface area contributed by atoms with Crippen molar-refractivity contribution >= 4 is 28.7 Å². The van der Waals surface area contributed by atoms with Crippen LogP contribution in [0.25, 0.3) is 11.1 Å². The normalized spacial score (nSPS) is 10.7. The summed E-state index contributed by atoms with van der Waals surface area (Å²) in [5, 5.41) is 11.7. The Morgan fingerprint density at radius 2 is 2.00 bits per heavy atom. The summed E-state index contributed by atoms with van der Waals surface area (Å²) in [6.45, 7) is 1.63. The lowest BCUT2D eigenvalue weighted by Gasteiger charge is -2.06. The molecule has 0 fully saturated rings. The number of nitrogens with zero attached hydrogens (tertiary/aromatic N) is 1. The van der Waals surface area contributed by atoms with Gasteiger partial charge in [0.25, 0.3) is 0 Å². The molecule has 0 atom stereocenters. The summed E-state index contributed by atoms with van der Waals surface area (Å²) in [7, 11) is 0. The third-order valence-electron chi connectivity index (χ3n) is 3.52. The number of amides is 1. The van der Waals surface area contributed by atoms with Crippen LogP contribution in [0.1, 0.15) is 15.9 Å². The highest BCUT2D eigenvalue weighted by Crippen LogP contribution is 2.16. The summed E-state index contributed by atoms with van der Waals surface area (Å²) in [5.41, 5.74) is 2.11. The molecule has 3 aromatic rings. The van der Waals surface area contributed by atoms with Gasteiger partial charge in [0.1, 0.15) is 6.54 Å². The molecule has 7 heteroatoms. The van der Waals surface area contributed by atoms with Crippen molar-refractivity contribution < 1.29 is 19.1 Å². The molecule has 0 aliphatic carbocycles. The van der Waals surface area contributed by atoms with Crippen LogP contribution in [-0.2, 0) is 11.3 Å². The molecule has 0 aliphatic heterocycles. The van der Waals surface area contributed by atoms with E-state index in [1.807, 2.05) is 19.1 Å². The lowest BCUT2D eigenvalue weighted by molar-refractivity contribution is -0.116. The van der Waals surface area contributed by atoms with Crippen molar-refractivity contribution in [2.75, 3.05) is 5.32 Å². The molecule has 1 amide bonds. The largest absolute Gasteiger partial charge is 0.478 e. The number of rotatable bonds is 4. The maximum Gasteiger partial charge on any atom is 0.420 e. The van der Waals surface area contributed by atoms with E-state index >= 15 is 0 Å². The topological polar surface area (TPSA) is 102 Å². The zero-order valence-electron chi connectivity index (χ0n) is 12.8. The number of benzene rings is 2. The fourth-order valence-corrected chi connectivity index (χ4v) is 2.41. The third-order valence-corrected chi connectivity index (χ3v) is 3.52. The Morgan fingerprint density at radius 1 is 1.21 bits per heavy atom.